The Hall–Kier alpha value is -0.570. The van der Waals surface area contributed by atoms with E-state index in [1.54, 1.807) is 7.11 Å². The fraction of sp³-hybridized carbons (Fsp3) is 0.909. The Labute approximate surface area is 87.2 Å². The van der Waals surface area contributed by atoms with Gasteiger partial charge >= 0.3 is 0 Å². The minimum absolute atomic E-state index is 0.169. The van der Waals surface area contributed by atoms with Crippen LogP contribution in [0.5, 0.6) is 0 Å². The minimum atomic E-state index is 0.169. The van der Waals surface area contributed by atoms with E-state index in [2.05, 4.69) is 12.2 Å². The first kappa shape index (κ1) is 13.4. The predicted octanol–water partition coefficient (Wildman–Crippen LogP) is 2.11. The van der Waals surface area contributed by atoms with Crippen molar-refractivity contribution < 1.29 is 9.53 Å². The molecular formula is C11H23NO2. The van der Waals surface area contributed by atoms with Crippen LogP contribution in [0.2, 0.25) is 0 Å². The highest BCUT2D eigenvalue weighted by atomic mass is 16.5. The third-order valence-corrected chi connectivity index (χ3v) is 2.17. The van der Waals surface area contributed by atoms with Gasteiger partial charge in [-0.2, -0.15) is 0 Å². The lowest BCUT2D eigenvalue weighted by Gasteiger charge is -2.12. The maximum Gasteiger partial charge on any atom is 0.220 e. The molecule has 0 saturated carbocycles. The fourth-order valence-electron chi connectivity index (χ4n) is 1.25. The molecule has 14 heavy (non-hydrogen) atoms. The lowest BCUT2D eigenvalue weighted by molar-refractivity contribution is -0.121. The molecule has 0 aromatic heterocycles. The maximum atomic E-state index is 11.3. The molecule has 1 atom stereocenters. The summed E-state index contributed by atoms with van der Waals surface area (Å²) >= 11 is 0. The molecule has 0 bridgehead atoms. The molecule has 3 nitrogen and oxygen atoms in total. The van der Waals surface area contributed by atoms with E-state index in [1.807, 2.05) is 6.92 Å². The Bertz CT molecular complexity index is 148. The molecular weight excluding hydrogens is 178 g/mol. The topological polar surface area (TPSA) is 38.3 Å². The number of methoxy groups -OCH3 is 1. The van der Waals surface area contributed by atoms with E-state index in [9.17, 15) is 4.79 Å². The van der Waals surface area contributed by atoms with Gasteiger partial charge in [0.05, 0.1) is 0 Å². The van der Waals surface area contributed by atoms with Crippen LogP contribution in [0.4, 0.5) is 0 Å². The molecule has 84 valence electrons. The van der Waals surface area contributed by atoms with E-state index in [0.717, 1.165) is 25.7 Å². The van der Waals surface area contributed by atoms with E-state index in [1.165, 1.54) is 0 Å². The second-order valence-corrected chi connectivity index (χ2v) is 3.71. The van der Waals surface area contributed by atoms with Crippen molar-refractivity contribution in [3.8, 4) is 0 Å². The number of rotatable bonds is 8. The first-order chi connectivity index (χ1) is 6.70. The van der Waals surface area contributed by atoms with Crippen molar-refractivity contribution >= 4 is 5.91 Å². The number of hydrogen-bond acceptors (Lipinski definition) is 2. The van der Waals surface area contributed by atoms with Crippen molar-refractivity contribution in [1.82, 2.24) is 5.32 Å². The molecule has 0 aromatic carbocycles. The lowest BCUT2D eigenvalue weighted by atomic mass is 10.2. The quantitative estimate of drug-likeness (QED) is 0.611. The highest BCUT2D eigenvalue weighted by Crippen LogP contribution is 1.99. The highest BCUT2D eigenvalue weighted by molar-refractivity contribution is 5.76. The summed E-state index contributed by atoms with van der Waals surface area (Å²) < 4.78 is 4.94. The Balaban J connectivity index is 3.40. The number of unbranched alkanes of at least 4 members (excludes halogenated alkanes) is 2. The molecule has 0 saturated heterocycles. The van der Waals surface area contributed by atoms with Gasteiger partial charge < -0.3 is 10.1 Å². The molecule has 0 aromatic rings. The Morgan fingerprint density at radius 3 is 2.71 bits per heavy atom. The average Bonchev–Trinajstić information content (AvgIpc) is 2.15. The first-order valence-corrected chi connectivity index (χ1v) is 5.49. The van der Waals surface area contributed by atoms with Gasteiger partial charge in [-0.05, 0) is 19.8 Å². The van der Waals surface area contributed by atoms with E-state index >= 15 is 0 Å². The maximum absolute atomic E-state index is 11.3. The SMILES string of the molecule is CCCCCC(=O)NC(C)CCOC. The average molecular weight is 201 g/mol. The monoisotopic (exact) mass is 201 g/mol. The third kappa shape index (κ3) is 8.05. The number of carbonyl (C=O) groups excluding carboxylic acids is 1. The van der Waals surface area contributed by atoms with Gasteiger partial charge in [-0.3, -0.25) is 4.79 Å². The molecule has 0 aliphatic rings. The molecule has 0 spiro atoms. The van der Waals surface area contributed by atoms with Gasteiger partial charge in [-0.1, -0.05) is 19.8 Å². The summed E-state index contributed by atoms with van der Waals surface area (Å²) in [6.45, 7) is 4.85. The minimum Gasteiger partial charge on any atom is -0.385 e. The van der Waals surface area contributed by atoms with Crippen molar-refractivity contribution in [2.75, 3.05) is 13.7 Å². The molecule has 3 heteroatoms. The van der Waals surface area contributed by atoms with Crippen molar-refractivity contribution in [3.05, 3.63) is 0 Å². The second-order valence-electron chi connectivity index (χ2n) is 3.71. The zero-order valence-electron chi connectivity index (χ0n) is 9.64. The van der Waals surface area contributed by atoms with Crippen molar-refractivity contribution in [3.63, 3.8) is 0 Å². The summed E-state index contributed by atoms with van der Waals surface area (Å²) in [6.07, 6.45) is 4.84. The smallest absolute Gasteiger partial charge is 0.220 e. The van der Waals surface area contributed by atoms with Crippen LogP contribution < -0.4 is 5.32 Å². The highest BCUT2D eigenvalue weighted by Gasteiger charge is 2.05. The largest absolute Gasteiger partial charge is 0.385 e. The lowest BCUT2D eigenvalue weighted by Crippen LogP contribution is -2.33. The third-order valence-electron chi connectivity index (χ3n) is 2.17. The van der Waals surface area contributed by atoms with Crippen molar-refractivity contribution in [1.29, 1.82) is 0 Å². The van der Waals surface area contributed by atoms with E-state index in [4.69, 9.17) is 4.74 Å². The van der Waals surface area contributed by atoms with Crippen LogP contribution in [0, 0.1) is 0 Å². The van der Waals surface area contributed by atoms with Crippen molar-refractivity contribution in [2.45, 2.75) is 52.0 Å². The van der Waals surface area contributed by atoms with Crippen molar-refractivity contribution in [2.24, 2.45) is 0 Å². The van der Waals surface area contributed by atoms with Gasteiger partial charge in [0.1, 0.15) is 0 Å². The van der Waals surface area contributed by atoms with Crippen LogP contribution in [0.25, 0.3) is 0 Å². The van der Waals surface area contributed by atoms with Gasteiger partial charge in [0.15, 0.2) is 0 Å². The van der Waals surface area contributed by atoms with Crippen LogP contribution in [0.15, 0.2) is 0 Å². The van der Waals surface area contributed by atoms with Crippen LogP contribution >= 0.6 is 0 Å². The summed E-state index contributed by atoms with van der Waals surface area (Å²) in [5, 5.41) is 2.95. The molecule has 1 unspecified atom stereocenters. The summed E-state index contributed by atoms with van der Waals surface area (Å²) in [6, 6.07) is 0.226. The molecule has 0 aliphatic heterocycles. The predicted molar refractivity (Wildman–Crippen MR) is 58.2 cm³/mol. The normalized spacial score (nSPS) is 12.5. The summed E-state index contributed by atoms with van der Waals surface area (Å²) in [4.78, 5) is 11.3. The molecule has 0 fully saturated rings. The molecule has 0 heterocycles. The summed E-state index contributed by atoms with van der Waals surface area (Å²) in [7, 11) is 1.68. The molecule has 1 amide bonds. The Morgan fingerprint density at radius 1 is 1.43 bits per heavy atom. The number of nitrogens with one attached hydrogen (secondary N) is 1. The van der Waals surface area contributed by atoms with Gasteiger partial charge in [0, 0.05) is 26.2 Å². The fourth-order valence-corrected chi connectivity index (χ4v) is 1.25. The number of carbonyl (C=O) groups is 1. The zero-order valence-corrected chi connectivity index (χ0v) is 9.64. The summed E-state index contributed by atoms with van der Waals surface area (Å²) in [5.41, 5.74) is 0. The van der Waals surface area contributed by atoms with Gasteiger partial charge in [-0.15, -0.1) is 0 Å². The van der Waals surface area contributed by atoms with Crippen LogP contribution in [0.3, 0.4) is 0 Å². The number of ether oxygens (including phenoxy) is 1. The van der Waals surface area contributed by atoms with Gasteiger partial charge in [-0.25, -0.2) is 0 Å². The van der Waals surface area contributed by atoms with E-state index < -0.39 is 0 Å². The molecule has 1 N–H and O–H groups in total. The number of hydrogen-bond donors (Lipinski definition) is 1. The van der Waals surface area contributed by atoms with E-state index in [-0.39, 0.29) is 11.9 Å². The van der Waals surface area contributed by atoms with Gasteiger partial charge in [0.2, 0.25) is 5.91 Å². The zero-order chi connectivity index (χ0) is 10.8. The van der Waals surface area contributed by atoms with Crippen LogP contribution in [-0.4, -0.2) is 25.7 Å². The first-order valence-electron chi connectivity index (χ1n) is 5.49. The van der Waals surface area contributed by atoms with E-state index in [0.29, 0.717) is 13.0 Å². The van der Waals surface area contributed by atoms with Crippen LogP contribution in [0.1, 0.15) is 46.0 Å². The molecule has 0 rings (SSSR count). The Morgan fingerprint density at radius 2 is 2.14 bits per heavy atom. The standard InChI is InChI=1S/C11H23NO2/c1-4-5-6-7-11(13)12-10(2)8-9-14-3/h10H,4-9H2,1-3H3,(H,12,13). The van der Waals surface area contributed by atoms with Crippen LogP contribution in [-0.2, 0) is 9.53 Å². The van der Waals surface area contributed by atoms with Gasteiger partial charge in [0.25, 0.3) is 0 Å². The molecule has 0 aliphatic carbocycles. The summed E-state index contributed by atoms with van der Waals surface area (Å²) in [5.74, 6) is 0.169. The second kappa shape index (κ2) is 9.00. The Kier molecular flexibility index (Phi) is 8.64. The molecule has 0 radical (unpaired) electrons. The number of amides is 1.